The number of benzene rings is 1. The molecule has 1 aliphatic heterocycles. The highest BCUT2D eigenvalue weighted by Crippen LogP contribution is 2.38. The SMILES string of the molecule is O=C(OCc1ccccc1SSc1ccccn1)N1CCNCC1. The molecule has 1 N–H and O–H groups in total. The van der Waals surface area contributed by atoms with Crippen LogP contribution in [0, 0.1) is 0 Å². The molecule has 3 rings (SSSR count). The average molecular weight is 361 g/mol. The molecule has 0 spiro atoms. The molecule has 24 heavy (non-hydrogen) atoms. The van der Waals surface area contributed by atoms with Gasteiger partial charge in [-0.05, 0) is 29.0 Å². The fraction of sp³-hybridized carbons (Fsp3) is 0.294. The predicted octanol–water partition coefficient (Wildman–Crippen LogP) is 3.42. The standard InChI is InChI=1S/C17H19N3O2S2/c21-17(20-11-9-18-10-12-20)22-13-14-5-1-2-6-15(14)23-24-16-7-3-4-8-19-16/h1-8,18H,9-13H2. The van der Waals surface area contributed by atoms with Crippen LogP contribution in [0.15, 0.2) is 58.6 Å². The number of carbonyl (C=O) groups is 1. The number of nitrogens with one attached hydrogen (secondary N) is 1. The second-order valence-electron chi connectivity index (χ2n) is 5.23. The molecule has 5 nitrogen and oxygen atoms in total. The van der Waals surface area contributed by atoms with E-state index in [-0.39, 0.29) is 12.7 Å². The Balaban J connectivity index is 1.56. The molecule has 1 aromatic carbocycles. The molecular weight excluding hydrogens is 342 g/mol. The molecule has 1 fully saturated rings. The summed E-state index contributed by atoms with van der Waals surface area (Å²) in [6.07, 6.45) is 1.54. The lowest BCUT2D eigenvalue weighted by Gasteiger charge is -2.26. The van der Waals surface area contributed by atoms with Gasteiger partial charge in [0.2, 0.25) is 0 Å². The molecule has 0 atom stereocenters. The van der Waals surface area contributed by atoms with E-state index < -0.39 is 0 Å². The highest BCUT2D eigenvalue weighted by Gasteiger charge is 2.17. The number of hydrogen-bond donors (Lipinski definition) is 1. The topological polar surface area (TPSA) is 54.5 Å². The van der Waals surface area contributed by atoms with E-state index in [0.29, 0.717) is 13.1 Å². The second kappa shape index (κ2) is 8.96. The van der Waals surface area contributed by atoms with Gasteiger partial charge in [-0.1, -0.05) is 35.1 Å². The van der Waals surface area contributed by atoms with Gasteiger partial charge in [0.25, 0.3) is 0 Å². The van der Waals surface area contributed by atoms with E-state index in [1.54, 1.807) is 32.7 Å². The Morgan fingerprint density at radius 2 is 1.92 bits per heavy atom. The molecule has 0 unspecified atom stereocenters. The van der Waals surface area contributed by atoms with Crippen LogP contribution in [0.3, 0.4) is 0 Å². The van der Waals surface area contributed by atoms with Crippen LogP contribution in [0.4, 0.5) is 4.79 Å². The summed E-state index contributed by atoms with van der Waals surface area (Å²) < 4.78 is 5.48. The van der Waals surface area contributed by atoms with Crippen molar-refractivity contribution in [1.29, 1.82) is 0 Å². The van der Waals surface area contributed by atoms with Gasteiger partial charge in [0.15, 0.2) is 0 Å². The van der Waals surface area contributed by atoms with Crippen molar-refractivity contribution in [3.8, 4) is 0 Å². The summed E-state index contributed by atoms with van der Waals surface area (Å²) in [7, 11) is 3.22. The summed E-state index contributed by atoms with van der Waals surface area (Å²) in [5.74, 6) is 0. The van der Waals surface area contributed by atoms with E-state index >= 15 is 0 Å². The van der Waals surface area contributed by atoms with Gasteiger partial charge in [0.1, 0.15) is 11.6 Å². The van der Waals surface area contributed by atoms with Gasteiger partial charge >= 0.3 is 6.09 Å². The van der Waals surface area contributed by atoms with Gasteiger partial charge in [-0.15, -0.1) is 0 Å². The lowest BCUT2D eigenvalue weighted by molar-refractivity contribution is 0.0912. The zero-order chi connectivity index (χ0) is 16.6. The third-order valence-electron chi connectivity index (χ3n) is 3.55. The molecule has 2 aromatic rings. The third-order valence-corrected chi connectivity index (χ3v) is 5.93. The smallest absolute Gasteiger partial charge is 0.410 e. The largest absolute Gasteiger partial charge is 0.444 e. The number of nitrogens with zero attached hydrogens (tertiary/aromatic N) is 2. The van der Waals surface area contributed by atoms with E-state index in [2.05, 4.69) is 10.3 Å². The number of aromatic nitrogens is 1. The van der Waals surface area contributed by atoms with Crippen LogP contribution in [0.1, 0.15) is 5.56 Å². The molecule has 0 radical (unpaired) electrons. The third kappa shape index (κ3) is 4.90. The Morgan fingerprint density at radius 3 is 2.71 bits per heavy atom. The predicted molar refractivity (Wildman–Crippen MR) is 97.0 cm³/mol. The van der Waals surface area contributed by atoms with Gasteiger partial charge < -0.3 is 15.0 Å². The first-order valence-electron chi connectivity index (χ1n) is 7.79. The van der Waals surface area contributed by atoms with Gasteiger partial charge in [0.05, 0.1) is 0 Å². The molecule has 1 aliphatic rings. The van der Waals surface area contributed by atoms with Crippen molar-refractivity contribution in [3.05, 3.63) is 54.2 Å². The minimum Gasteiger partial charge on any atom is -0.444 e. The monoisotopic (exact) mass is 361 g/mol. The lowest BCUT2D eigenvalue weighted by Crippen LogP contribution is -2.46. The molecule has 2 heterocycles. The van der Waals surface area contributed by atoms with E-state index in [1.165, 1.54) is 0 Å². The Hall–Kier alpha value is -1.70. The summed E-state index contributed by atoms with van der Waals surface area (Å²) in [6, 6.07) is 13.8. The quantitative estimate of drug-likeness (QED) is 0.824. The Morgan fingerprint density at radius 1 is 1.12 bits per heavy atom. The van der Waals surface area contributed by atoms with Crippen molar-refractivity contribution >= 4 is 27.7 Å². The molecule has 0 saturated carbocycles. The van der Waals surface area contributed by atoms with E-state index in [0.717, 1.165) is 28.6 Å². The summed E-state index contributed by atoms with van der Waals surface area (Å²) in [4.78, 5) is 19.2. The van der Waals surface area contributed by atoms with Crippen LogP contribution in [0.5, 0.6) is 0 Å². The van der Waals surface area contributed by atoms with Crippen molar-refractivity contribution in [2.45, 2.75) is 16.5 Å². The molecule has 1 aromatic heterocycles. The first-order chi connectivity index (χ1) is 11.8. The highest BCUT2D eigenvalue weighted by atomic mass is 33.1. The summed E-state index contributed by atoms with van der Waals surface area (Å²) >= 11 is 0. The first kappa shape index (κ1) is 17.1. The average Bonchev–Trinajstić information content (AvgIpc) is 2.66. The number of piperazine rings is 1. The summed E-state index contributed by atoms with van der Waals surface area (Å²) in [5, 5.41) is 4.18. The maximum absolute atomic E-state index is 12.1. The maximum Gasteiger partial charge on any atom is 0.410 e. The van der Waals surface area contributed by atoms with Crippen LogP contribution in [-0.4, -0.2) is 42.2 Å². The fourth-order valence-corrected chi connectivity index (χ4v) is 4.36. The molecule has 0 bridgehead atoms. The van der Waals surface area contributed by atoms with Crippen LogP contribution < -0.4 is 5.32 Å². The van der Waals surface area contributed by atoms with E-state index in [4.69, 9.17) is 4.74 Å². The number of hydrogen-bond acceptors (Lipinski definition) is 6. The van der Waals surface area contributed by atoms with Crippen LogP contribution in [0.2, 0.25) is 0 Å². The number of rotatable bonds is 5. The fourth-order valence-electron chi connectivity index (χ4n) is 2.27. The van der Waals surface area contributed by atoms with Crippen molar-refractivity contribution in [1.82, 2.24) is 15.2 Å². The zero-order valence-corrected chi connectivity index (χ0v) is 14.8. The first-order valence-corrected chi connectivity index (χ1v) is 9.94. The van der Waals surface area contributed by atoms with Crippen molar-refractivity contribution in [2.75, 3.05) is 26.2 Å². The molecule has 126 valence electrons. The molecule has 0 aliphatic carbocycles. The minimum absolute atomic E-state index is 0.242. The summed E-state index contributed by atoms with van der Waals surface area (Å²) in [6.45, 7) is 3.33. The van der Waals surface area contributed by atoms with Crippen LogP contribution in [-0.2, 0) is 11.3 Å². The number of ether oxygens (including phenoxy) is 1. The van der Waals surface area contributed by atoms with Gasteiger partial charge in [-0.2, -0.15) is 0 Å². The van der Waals surface area contributed by atoms with E-state index in [9.17, 15) is 4.79 Å². The van der Waals surface area contributed by atoms with Gasteiger partial charge in [0, 0.05) is 42.8 Å². The minimum atomic E-state index is -0.242. The highest BCUT2D eigenvalue weighted by molar-refractivity contribution is 8.76. The summed E-state index contributed by atoms with van der Waals surface area (Å²) in [5.41, 5.74) is 1.01. The Labute approximate surface area is 149 Å². The molecule has 1 amide bonds. The maximum atomic E-state index is 12.1. The van der Waals surface area contributed by atoms with Crippen LogP contribution >= 0.6 is 21.6 Å². The number of pyridine rings is 1. The zero-order valence-electron chi connectivity index (χ0n) is 13.2. The van der Waals surface area contributed by atoms with Crippen molar-refractivity contribution < 1.29 is 9.53 Å². The van der Waals surface area contributed by atoms with Gasteiger partial charge in [-0.3, -0.25) is 0 Å². The van der Waals surface area contributed by atoms with E-state index in [1.807, 2.05) is 42.5 Å². The molecular formula is C17H19N3O2S2. The number of amides is 1. The lowest BCUT2D eigenvalue weighted by atomic mass is 10.2. The van der Waals surface area contributed by atoms with Crippen LogP contribution in [0.25, 0.3) is 0 Å². The molecule has 7 heteroatoms. The van der Waals surface area contributed by atoms with Gasteiger partial charge in [-0.25, -0.2) is 9.78 Å². The molecule has 1 saturated heterocycles. The Bertz CT molecular complexity index is 664. The van der Waals surface area contributed by atoms with Crippen molar-refractivity contribution in [3.63, 3.8) is 0 Å². The number of carbonyl (C=O) groups excluding carboxylic acids is 1. The van der Waals surface area contributed by atoms with Crippen molar-refractivity contribution in [2.24, 2.45) is 0 Å². The Kier molecular flexibility index (Phi) is 6.40. The second-order valence-corrected chi connectivity index (χ2v) is 7.43. The normalized spacial score (nSPS) is 14.4.